The first-order valence-corrected chi connectivity index (χ1v) is 4.55. The van der Waals surface area contributed by atoms with Gasteiger partial charge in [-0.15, -0.1) is 0 Å². The van der Waals surface area contributed by atoms with E-state index in [9.17, 15) is 0 Å². The van der Waals surface area contributed by atoms with Crippen LogP contribution < -0.4 is 0 Å². The number of aliphatic imine (C=N–C) groups is 2. The normalized spacial score (nSPS) is 13.4. The molecule has 0 unspecified atom stereocenters. The van der Waals surface area contributed by atoms with E-state index in [4.69, 9.17) is 0 Å². The van der Waals surface area contributed by atoms with Crippen LogP contribution in [0.5, 0.6) is 0 Å². The van der Waals surface area contributed by atoms with Crippen LogP contribution in [0.3, 0.4) is 0 Å². The molecular formula is C12H18N2. The lowest BCUT2D eigenvalue weighted by Gasteiger charge is -2.03. The molecule has 0 rings (SSSR count). The molecule has 0 amide bonds. The van der Waals surface area contributed by atoms with E-state index >= 15 is 0 Å². The number of hydrogen-bond donors (Lipinski definition) is 0. The lowest BCUT2D eigenvalue weighted by molar-refractivity contribution is 1.09. The maximum atomic E-state index is 4.11. The van der Waals surface area contributed by atoms with Crippen molar-refractivity contribution in [3.8, 4) is 0 Å². The molecule has 2 heteroatoms. The Morgan fingerprint density at radius 2 is 2.00 bits per heavy atom. The Morgan fingerprint density at radius 1 is 1.36 bits per heavy atom. The predicted octanol–water partition coefficient (Wildman–Crippen LogP) is 3.18. The van der Waals surface area contributed by atoms with Crippen LogP contribution in [0.4, 0.5) is 0 Å². The number of allylic oxidation sites excluding steroid dienone is 5. The summed E-state index contributed by atoms with van der Waals surface area (Å²) in [5.41, 5.74) is 3.23. The Hall–Kier alpha value is -1.44. The summed E-state index contributed by atoms with van der Waals surface area (Å²) in [5, 5.41) is 0. The van der Waals surface area contributed by atoms with E-state index in [0.717, 1.165) is 16.7 Å². The third-order valence-electron chi connectivity index (χ3n) is 1.70. The lowest BCUT2D eigenvalue weighted by Crippen LogP contribution is -1.91. The van der Waals surface area contributed by atoms with Crippen molar-refractivity contribution >= 4 is 12.9 Å². The second-order valence-corrected chi connectivity index (χ2v) is 3.05. The molecule has 0 saturated carbocycles. The van der Waals surface area contributed by atoms with Crippen LogP contribution in [-0.2, 0) is 0 Å². The summed E-state index contributed by atoms with van der Waals surface area (Å²) < 4.78 is 0. The molecule has 0 fully saturated rings. The van der Waals surface area contributed by atoms with Crippen LogP contribution in [0.1, 0.15) is 20.8 Å². The molecule has 0 aliphatic rings. The topological polar surface area (TPSA) is 24.7 Å². The highest BCUT2D eigenvalue weighted by atomic mass is 14.9. The molecule has 0 aromatic rings. The van der Waals surface area contributed by atoms with Gasteiger partial charge in [-0.1, -0.05) is 18.7 Å². The van der Waals surface area contributed by atoms with Crippen molar-refractivity contribution < 1.29 is 0 Å². The third kappa shape index (κ3) is 4.55. The highest BCUT2D eigenvalue weighted by Gasteiger charge is 1.97. The number of hydrogen-bond acceptors (Lipinski definition) is 2. The van der Waals surface area contributed by atoms with Gasteiger partial charge in [0.1, 0.15) is 6.67 Å². The van der Waals surface area contributed by atoms with Crippen molar-refractivity contribution in [2.75, 3.05) is 6.67 Å². The molecule has 2 nitrogen and oxygen atoms in total. The number of nitrogens with zero attached hydrogens (tertiary/aromatic N) is 2. The van der Waals surface area contributed by atoms with Crippen LogP contribution in [0.15, 0.2) is 45.4 Å². The molecule has 76 valence electrons. The van der Waals surface area contributed by atoms with Crippen LogP contribution >= 0.6 is 0 Å². The fourth-order valence-corrected chi connectivity index (χ4v) is 1.08. The van der Waals surface area contributed by atoms with Crippen LogP contribution in [0, 0.1) is 0 Å². The smallest absolute Gasteiger partial charge is 0.128 e. The van der Waals surface area contributed by atoms with Crippen molar-refractivity contribution in [1.29, 1.82) is 0 Å². The Kier molecular flexibility index (Phi) is 6.29. The monoisotopic (exact) mass is 190 g/mol. The molecule has 0 radical (unpaired) electrons. The average molecular weight is 190 g/mol. The van der Waals surface area contributed by atoms with Crippen LogP contribution in [-0.4, -0.2) is 19.6 Å². The van der Waals surface area contributed by atoms with E-state index in [1.807, 2.05) is 32.9 Å². The van der Waals surface area contributed by atoms with Gasteiger partial charge in [0.05, 0.1) is 0 Å². The molecule has 0 atom stereocenters. The fourth-order valence-electron chi connectivity index (χ4n) is 1.08. The minimum absolute atomic E-state index is 0.403. The maximum absolute atomic E-state index is 4.11. The minimum atomic E-state index is 0.403. The fraction of sp³-hybridized carbons (Fsp3) is 0.333. The first kappa shape index (κ1) is 12.6. The van der Waals surface area contributed by atoms with Crippen LogP contribution in [0.2, 0.25) is 0 Å². The Morgan fingerprint density at radius 3 is 2.43 bits per heavy atom. The summed E-state index contributed by atoms with van der Waals surface area (Å²) >= 11 is 0. The van der Waals surface area contributed by atoms with E-state index in [-0.39, 0.29) is 0 Å². The van der Waals surface area contributed by atoms with Gasteiger partial charge < -0.3 is 0 Å². The van der Waals surface area contributed by atoms with Crippen molar-refractivity contribution in [1.82, 2.24) is 0 Å². The molecule has 0 spiro atoms. The largest absolute Gasteiger partial charge is 0.278 e. The average Bonchev–Trinajstić information content (AvgIpc) is 2.12. The minimum Gasteiger partial charge on any atom is -0.278 e. The van der Waals surface area contributed by atoms with E-state index in [0.29, 0.717) is 6.67 Å². The molecule has 0 aromatic heterocycles. The number of rotatable bonds is 5. The van der Waals surface area contributed by atoms with Gasteiger partial charge in [-0.25, -0.2) is 0 Å². The standard InChI is InChI=1S/C12H18N2/c1-6-7-11(4)12(10(2)3)8-14-9-13-5/h6-8H,2,5,9H2,1,3-4H3/b7-6-,12-11-,14-8-. The van der Waals surface area contributed by atoms with E-state index < -0.39 is 0 Å². The van der Waals surface area contributed by atoms with Gasteiger partial charge in [0, 0.05) is 6.21 Å². The molecule has 0 heterocycles. The van der Waals surface area contributed by atoms with Crippen molar-refractivity contribution in [2.45, 2.75) is 20.8 Å². The summed E-state index contributed by atoms with van der Waals surface area (Å²) in [4.78, 5) is 7.76. The van der Waals surface area contributed by atoms with Gasteiger partial charge in [0.25, 0.3) is 0 Å². The van der Waals surface area contributed by atoms with E-state index in [2.05, 4.69) is 23.3 Å². The first-order chi connectivity index (χ1) is 6.63. The Labute approximate surface area is 86.5 Å². The molecule has 14 heavy (non-hydrogen) atoms. The highest BCUT2D eigenvalue weighted by molar-refractivity contribution is 5.85. The SMILES string of the molecule is C=NC\N=C/C(C(=C)C)=C(C)/C=C\C. The third-order valence-corrected chi connectivity index (χ3v) is 1.70. The van der Waals surface area contributed by atoms with Gasteiger partial charge in [0.2, 0.25) is 0 Å². The van der Waals surface area contributed by atoms with Gasteiger partial charge in [-0.3, -0.25) is 9.98 Å². The summed E-state index contributed by atoms with van der Waals surface area (Å²) in [6, 6.07) is 0. The quantitative estimate of drug-likeness (QED) is 0.470. The summed E-state index contributed by atoms with van der Waals surface area (Å²) in [6.45, 7) is 13.7. The Balaban J connectivity index is 4.84. The molecule has 0 aliphatic heterocycles. The molecular weight excluding hydrogens is 172 g/mol. The first-order valence-electron chi connectivity index (χ1n) is 4.55. The molecule has 0 bridgehead atoms. The zero-order valence-corrected chi connectivity index (χ0v) is 9.25. The molecule has 0 saturated heterocycles. The zero-order chi connectivity index (χ0) is 11.0. The highest BCUT2D eigenvalue weighted by Crippen LogP contribution is 2.11. The van der Waals surface area contributed by atoms with Crippen molar-refractivity contribution in [2.24, 2.45) is 9.98 Å². The summed E-state index contributed by atoms with van der Waals surface area (Å²) in [6.07, 6.45) is 5.83. The summed E-state index contributed by atoms with van der Waals surface area (Å²) in [5.74, 6) is 0. The molecule has 0 N–H and O–H groups in total. The van der Waals surface area contributed by atoms with E-state index in [1.165, 1.54) is 0 Å². The van der Waals surface area contributed by atoms with Gasteiger partial charge >= 0.3 is 0 Å². The lowest BCUT2D eigenvalue weighted by atomic mass is 10.0. The van der Waals surface area contributed by atoms with Crippen molar-refractivity contribution in [3.05, 3.63) is 35.5 Å². The Bertz CT molecular complexity index is 293. The maximum Gasteiger partial charge on any atom is 0.128 e. The zero-order valence-electron chi connectivity index (χ0n) is 9.25. The van der Waals surface area contributed by atoms with Gasteiger partial charge in [0.15, 0.2) is 0 Å². The van der Waals surface area contributed by atoms with Gasteiger partial charge in [-0.05, 0) is 44.2 Å². The predicted molar refractivity (Wildman–Crippen MR) is 65.2 cm³/mol. The van der Waals surface area contributed by atoms with Gasteiger partial charge in [-0.2, -0.15) is 0 Å². The molecule has 0 aliphatic carbocycles. The second-order valence-electron chi connectivity index (χ2n) is 3.05. The van der Waals surface area contributed by atoms with E-state index in [1.54, 1.807) is 6.21 Å². The second kappa shape index (κ2) is 7.01. The van der Waals surface area contributed by atoms with Crippen LogP contribution in [0.25, 0.3) is 0 Å². The van der Waals surface area contributed by atoms with Crippen molar-refractivity contribution in [3.63, 3.8) is 0 Å². The summed E-state index contributed by atoms with van der Waals surface area (Å²) in [7, 11) is 0. The molecule has 0 aromatic carbocycles.